The van der Waals surface area contributed by atoms with Crippen LogP contribution >= 0.6 is 11.3 Å². The first-order valence-electron chi connectivity index (χ1n) is 7.85. The molecule has 0 saturated heterocycles. The van der Waals surface area contributed by atoms with E-state index in [9.17, 15) is 0 Å². The van der Waals surface area contributed by atoms with Crippen molar-refractivity contribution in [1.29, 1.82) is 0 Å². The Balaban J connectivity index is 1.86. The molecule has 1 saturated carbocycles. The van der Waals surface area contributed by atoms with Crippen molar-refractivity contribution >= 4 is 11.3 Å². The van der Waals surface area contributed by atoms with E-state index in [1.807, 2.05) is 11.3 Å². The van der Waals surface area contributed by atoms with E-state index in [2.05, 4.69) is 52.2 Å². The maximum atomic E-state index is 4.84. The molecule has 0 amide bonds. The molecule has 1 aromatic rings. The number of nitrogens with zero attached hydrogens (tertiary/aromatic N) is 1. The third-order valence-electron chi connectivity index (χ3n) is 4.23. The standard InChI is InChI=1S/C17H30N2S/c1-16(2,3)14-11-20-15(19-14)9-12-7-8-13(12)10-18-17(4,5)6/h11-13,18H,7-10H2,1-6H3. The second kappa shape index (κ2) is 5.76. The van der Waals surface area contributed by atoms with Crippen LogP contribution in [0.25, 0.3) is 0 Å². The number of thiazole rings is 1. The van der Waals surface area contributed by atoms with Gasteiger partial charge in [-0.25, -0.2) is 4.98 Å². The molecule has 2 nitrogen and oxygen atoms in total. The Morgan fingerprint density at radius 3 is 2.25 bits per heavy atom. The normalized spacial score (nSPS) is 23.7. The van der Waals surface area contributed by atoms with Gasteiger partial charge in [0.15, 0.2) is 0 Å². The van der Waals surface area contributed by atoms with Crippen molar-refractivity contribution in [2.24, 2.45) is 11.8 Å². The van der Waals surface area contributed by atoms with E-state index in [1.54, 1.807) is 0 Å². The molecule has 0 bridgehead atoms. The first-order valence-corrected chi connectivity index (χ1v) is 8.73. The molecule has 1 aromatic heterocycles. The van der Waals surface area contributed by atoms with E-state index in [-0.39, 0.29) is 11.0 Å². The second-order valence-electron chi connectivity index (χ2n) is 8.31. The summed E-state index contributed by atoms with van der Waals surface area (Å²) in [6, 6.07) is 0. The molecule has 0 aliphatic heterocycles. The SMILES string of the molecule is CC(C)(C)NCC1CCC1Cc1nc(C(C)(C)C)cs1. The van der Waals surface area contributed by atoms with Gasteiger partial charge in [0.1, 0.15) is 0 Å². The molecule has 1 fully saturated rings. The molecule has 20 heavy (non-hydrogen) atoms. The van der Waals surface area contributed by atoms with Gasteiger partial charge in [0.2, 0.25) is 0 Å². The first-order chi connectivity index (χ1) is 9.15. The fourth-order valence-electron chi connectivity index (χ4n) is 2.59. The number of hydrogen-bond acceptors (Lipinski definition) is 3. The number of nitrogens with one attached hydrogen (secondary N) is 1. The molecular formula is C17H30N2S. The van der Waals surface area contributed by atoms with Crippen LogP contribution in [0.2, 0.25) is 0 Å². The van der Waals surface area contributed by atoms with Gasteiger partial charge in [-0.3, -0.25) is 0 Å². The molecule has 1 heterocycles. The van der Waals surface area contributed by atoms with Crippen LogP contribution in [0.3, 0.4) is 0 Å². The molecule has 3 heteroatoms. The Bertz CT molecular complexity index is 437. The highest BCUT2D eigenvalue weighted by Crippen LogP contribution is 2.37. The molecular weight excluding hydrogens is 264 g/mol. The molecule has 0 aromatic carbocycles. The summed E-state index contributed by atoms with van der Waals surface area (Å²) in [6.07, 6.45) is 3.93. The summed E-state index contributed by atoms with van der Waals surface area (Å²) < 4.78 is 0. The monoisotopic (exact) mass is 294 g/mol. The van der Waals surface area contributed by atoms with E-state index < -0.39 is 0 Å². The van der Waals surface area contributed by atoms with Gasteiger partial charge in [-0.05, 0) is 52.0 Å². The zero-order valence-electron chi connectivity index (χ0n) is 13.9. The fourth-order valence-corrected chi connectivity index (χ4v) is 3.70. The smallest absolute Gasteiger partial charge is 0.0931 e. The summed E-state index contributed by atoms with van der Waals surface area (Å²) in [7, 11) is 0. The summed E-state index contributed by atoms with van der Waals surface area (Å²) in [6.45, 7) is 14.6. The average Bonchev–Trinajstić information content (AvgIpc) is 2.70. The van der Waals surface area contributed by atoms with Crippen LogP contribution in [-0.2, 0) is 11.8 Å². The van der Waals surface area contributed by atoms with Crippen LogP contribution < -0.4 is 5.32 Å². The molecule has 2 rings (SSSR count). The van der Waals surface area contributed by atoms with Gasteiger partial charge in [0.25, 0.3) is 0 Å². The summed E-state index contributed by atoms with van der Waals surface area (Å²) in [5.41, 5.74) is 1.67. The largest absolute Gasteiger partial charge is 0.312 e. The maximum absolute atomic E-state index is 4.84. The number of hydrogen-bond donors (Lipinski definition) is 1. The van der Waals surface area contributed by atoms with Crippen molar-refractivity contribution in [1.82, 2.24) is 10.3 Å². The minimum absolute atomic E-state index is 0.182. The van der Waals surface area contributed by atoms with Crippen LogP contribution in [-0.4, -0.2) is 17.1 Å². The summed E-state index contributed by atoms with van der Waals surface area (Å²) in [5.74, 6) is 1.68. The van der Waals surface area contributed by atoms with Crippen molar-refractivity contribution in [2.75, 3.05) is 6.54 Å². The van der Waals surface area contributed by atoms with Crippen molar-refractivity contribution in [3.05, 3.63) is 16.1 Å². The molecule has 0 spiro atoms. The van der Waals surface area contributed by atoms with Gasteiger partial charge < -0.3 is 5.32 Å². The van der Waals surface area contributed by atoms with Crippen LogP contribution in [0, 0.1) is 11.8 Å². The van der Waals surface area contributed by atoms with E-state index in [0.717, 1.165) is 18.4 Å². The molecule has 1 aliphatic carbocycles. The molecule has 0 radical (unpaired) electrons. The van der Waals surface area contributed by atoms with Crippen LogP contribution in [0.5, 0.6) is 0 Å². The summed E-state index contributed by atoms with van der Waals surface area (Å²) in [4.78, 5) is 4.84. The van der Waals surface area contributed by atoms with Crippen molar-refractivity contribution in [3.63, 3.8) is 0 Å². The van der Waals surface area contributed by atoms with Gasteiger partial charge >= 0.3 is 0 Å². The van der Waals surface area contributed by atoms with Gasteiger partial charge in [-0.1, -0.05) is 20.8 Å². The first kappa shape index (κ1) is 16.0. The molecule has 1 aliphatic rings. The topological polar surface area (TPSA) is 24.9 Å². The van der Waals surface area contributed by atoms with Crippen LogP contribution in [0.15, 0.2) is 5.38 Å². The van der Waals surface area contributed by atoms with Gasteiger partial charge in [-0.2, -0.15) is 0 Å². The third kappa shape index (κ3) is 4.29. The van der Waals surface area contributed by atoms with E-state index in [0.29, 0.717) is 0 Å². The quantitative estimate of drug-likeness (QED) is 0.890. The van der Waals surface area contributed by atoms with Crippen molar-refractivity contribution in [2.45, 2.75) is 71.8 Å². The minimum Gasteiger partial charge on any atom is -0.312 e. The minimum atomic E-state index is 0.182. The lowest BCUT2D eigenvalue weighted by atomic mass is 9.72. The summed E-state index contributed by atoms with van der Waals surface area (Å²) in [5, 5.41) is 7.23. The average molecular weight is 295 g/mol. The lowest BCUT2D eigenvalue weighted by Gasteiger charge is -2.38. The second-order valence-corrected chi connectivity index (χ2v) is 9.25. The Morgan fingerprint density at radius 2 is 1.80 bits per heavy atom. The third-order valence-corrected chi connectivity index (χ3v) is 5.10. The Kier molecular flexibility index (Phi) is 4.60. The summed E-state index contributed by atoms with van der Waals surface area (Å²) >= 11 is 1.85. The zero-order valence-corrected chi connectivity index (χ0v) is 14.7. The Morgan fingerprint density at radius 1 is 1.15 bits per heavy atom. The van der Waals surface area contributed by atoms with Gasteiger partial charge in [0, 0.05) is 22.8 Å². The van der Waals surface area contributed by atoms with Crippen LogP contribution in [0.1, 0.15) is 65.1 Å². The van der Waals surface area contributed by atoms with Crippen molar-refractivity contribution < 1.29 is 0 Å². The highest BCUT2D eigenvalue weighted by atomic mass is 32.1. The lowest BCUT2D eigenvalue weighted by Crippen LogP contribution is -2.44. The highest BCUT2D eigenvalue weighted by molar-refractivity contribution is 7.09. The Hall–Kier alpha value is -0.410. The van der Waals surface area contributed by atoms with Crippen LogP contribution in [0.4, 0.5) is 0 Å². The van der Waals surface area contributed by atoms with Gasteiger partial charge in [-0.15, -0.1) is 11.3 Å². The van der Waals surface area contributed by atoms with E-state index in [4.69, 9.17) is 4.98 Å². The highest BCUT2D eigenvalue weighted by Gasteiger charge is 2.32. The molecule has 2 unspecified atom stereocenters. The molecule has 114 valence electrons. The van der Waals surface area contributed by atoms with E-state index >= 15 is 0 Å². The van der Waals surface area contributed by atoms with E-state index in [1.165, 1.54) is 30.0 Å². The Labute approximate surface area is 128 Å². The maximum Gasteiger partial charge on any atom is 0.0931 e. The lowest BCUT2D eigenvalue weighted by molar-refractivity contribution is 0.159. The number of aromatic nitrogens is 1. The molecule has 1 N–H and O–H groups in total. The zero-order chi connectivity index (χ0) is 15.0. The molecule has 2 atom stereocenters. The van der Waals surface area contributed by atoms with Crippen molar-refractivity contribution in [3.8, 4) is 0 Å². The van der Waals surface area contributed by atoms with Gasteiger partial charge in [0.05, 0.1) is 10.7 Å². The predicted octanol–water partition coefficient (Wildman–Crippen LogP) is 4.40. The number of rotatable bonds is 4. The fraction of sp³-hybridized carbons (Fsp3) is 0.824. The predicted molar refractivity (Wildman–Crippen MR) is 88.5 cm³/mol.